The number of aliphatic hydroxyl groups excluding tert-OH is 2. The Labute approximate surface area is 493 Å². The number of nitrogens with one attached hydrogen (secondary N) is 4. The Morgan fingerprint density at radius 2 is 1.10 bits per heavy atom. The van der Waals surface area contributed by atoms with Gasteiger partial charge in [-0.25, -0.2) is 4.39 Å². The lowest BCUT2D eigenvalue weighted by Gasteiger charge is -2.20. The van der Waals surface area contributed by atoms with E-state index >= 15 is 0 Å². The Morgan fingerprint density at radius 3 is 1.48 bits per heavy atom. The Kier molecular flexibility index (Phi) is 35.2. The SMILES string of the molecule is C.C.CB(O)NCCN.N#Cc1ccccc1-n1cccc1.N#Cc1ccccc1F.N#Cc1ccccc1N1CCC(=O)C1.N#Cc1ccccc1N1CCC(NCCNP)C1.N#Cc1ccccc1N1CCC(O)C1.OC1CCNC1. The molecule has 0 amide bonds. The Morgan fingerprint density at radius 1 is 0.627 bits per heavy atom. The molecule has 4 aliphatic rings. The van der Waals surface area contributed by atoms with Crippen LogP contribution >= 0.6 is 9.39 Å². The van der Waals surface area contributed by atoms with Gasteiger partial charge in [0.15, 0.2) is 5.78 Å². The van der Waals surface area contributed by atoms with Crippen LogP contribution in [0.2, 0.25) is 6.82 Å². The minimum atomic E-state index is -0.458. The summed E-state index contributed by atoms with van der Waals surface area (Å²) in [7, 11) is 2.08. The van der Waals surface area contributed by atoms with Crippen molar-refractivity contribution >= 4 is 39.3 Å². The van der Waals surface area contributed by atoms with Crippen LogP contribution in [-0.4, -0.2) is 129 Å². The molecule has 10 rings (SSSR count). The van der Waals surface area contributed by atoms with E-state index in [0.29, 0.717) is 55.3 Å². The van der Waals surface area contributed by atoms with Crippen molar-refractivity contribution in [2.45, 2.75) is 65.6 Å². The number of para-hydroxylation sites is 4. The van der Waals surface area contributed by atoms with Crippen molar-refractivity contribution < 1.29 is 24.4 Å². The summed E-state index contributed by atoms with van der Waals surface area (Å²) in [6.45, 7) is 11.3. The first kappa shape index (κ1) is 71.1. The topological polar surface area (TPSA) is 285 Å². The summed E-state index contributed by atoms with van der Waals surface area (Å²) in [6, 6.07) is 51.0. The summed E-state index contributed by atoms with van der Waals surface area (Å²) in [5, 5.41) is 82.9. The molecule has 9 N–H and O–H groups in total. The summed E-state index contributed by atoms with van der Waals surface area (Å²) in [5.74, 6) is -0.210. The number of carbonyl (C=O) groups excluding carboxylic acids is 1. The van der Waals surface area contributed by atoms with E-state index in [0.717, 1.165) is 99.9 Å². The number of nitrogens with zero attached hydrogens (tertiary/aromatic N) is 9. The second-order valence-corrected chi connectivity index (χ2v) is 19.1. The maximum Gasteiger partial charge on any atom is 0.373 e. The fraction of sp³-hybridized carbons (Fsp3) is 0.355. The summed E-state index contributed by atoms with van der Waals surface area (Å²) in [4.78, 5) is 17.4. The number of carbonyl (C=O) groups is 1. The van der Waals surface area contributed by atoms with Gasteiger partial charge in [-0.3, -0.25) is 9.88 Å². The standard InChI is InChI=1S/C13H19N4P.C11H12N2O.C11H10N2O.C11H8N2.C7H4FN.C4H9NO.C3H11BN2O.2CH4/c14-9-11-3-1-2-4-13(11)17-8-5-12(10-17)15-6-7-16-18;2*12-7-9-3-1-2-4-11(9)13-6-5-10(14)8-13;12-9-10-5-1-2-6-11(10)13-7-3-4-8-13;8-7-4-2-1-3-6(7)5-9;6-4-1-2-5-3-4;1-4(7)6-3-2-5;;/h1-4,12,15-16H,5-8,10,18H2;1-4,10,14H,5-6,8H2;1-4H,5-6,8H2;1-8H;1-4H;4-6H,1-3H2;6-7H,2-3,5H2,1H3;2*1H4. The van der Waals surface area contributed by atoms with Gasteiger partial charge in [0.1, 0.15) is 36.2 Å². The van der Waals surface area contributed by atoms with Crippen LogP contribution in [-0.2, 0) is 4.79 Å². The highest BCUT2D eigenvalue weighted by atomic mass is 31.0. The predicted molar refractivity (Wildman–Crippen MR) is 334 cm³/mol. The number of halogens is 1. The van der Waals surface area contributed by atoms with Crippen LogP contribution in [0.4, 0.5) is 21.5 Å². The monoisotopic (exact) mass is 1150 g/mol. The minimum Gasteiger partial charge on any atom is -0.437 e. The molecule has 1 aromatic heterocycles. The highest BCUT2D eigenvalue weighted by molar-refractivity contribution is 7.13. The molecule has 0 spiro atoms. The molecule has 18 nitrogen and oxygen atoms in total. The number of Topliss-reactive ketones (excluding diaryl/α,β-unsaturated/α-hetero) is 1. The largest absolute Gasteiger partial charge is 0.437 e. The number of rotatable bonds is 11. The lowest BCUT2D eigenvalue weighted by molar-refractivity contribution is -0.116. The molecule has 4 fully saturated rings. The zero-order valence-electron chi connectivity index (χ0n) is 45.8. The molecule has 21 heteroatoms. The molecule has 5 heterocycles. The van der Waals surface area contributed by atoms with Gasteiger partial charge in [0, 0.05) is 83.8 Å². The van der Waals surface area contributed by atoms with Gasteiger partial charge in [0.25, 0.3) is 0 Å². The average Bonchev–Trinajstić information content (AvgIpc) is 4.41. The molecule has 438 valence electrons. The number of aromatic nitrogens is 1. The zero-order valence-corrected chi connectivity index (χ0v) is 46.9. The second kappa shape index (κ2) is 41.1. The molecule has 0 bridgehead atoms. The number of hydrogen-bond donors (Lipinski definition) is 8. The van der Waals surface area contributed by atoms with E-state index in [1.807, 2.05) is 119 Å². The van der Waals surface area contributed by atoms with E-state index in [-0.39, 0.29) is 38.4 Å². The third-order valence-corrected chi connectivity index (χ3v) is 13.0. The molecule has 4 unspecified atom stereocenters. The quantitative estimate of drug-likeness (QED) is 0.0373. The van der Waals surface area contributed by atoms with E-state index in [9.17, 15) is 14.3 Å². The first-order chi connectivity index (χ1) is 39.4. The molecule has 4 saturated heterocycles. The molecule has 4 aliphatic heterocycles. The van der Waals surface area contributed by atoms with Crippen LogP contribution in [0, 0.1) is 62.5 Å². The molecule has 6 aromatic rings. The van der Waals surface area contributed by atoms with Crippen molar-refractivity contribution in [1.82, 2.24) is 25.5 Å². The lowest BCUT2D eigenvalue weighted by Crippen LogP contribution is -2.35. The van der Waals surface area contributed by atoms with Gasteiger partial charge in [0.2, 0.25) is 0 Å². The smallest absolute Gasteiger partial charge is 0.373 e. The number of ketones is 1. The van der Waals surface area contributed by atoms with Gasteiger partial charge in [-0.1, -0.05) is 84.9 Å². The van der Waals surface area contributed by atoms with Crippen molar-refractivity contribution in [3.05, 3.63) is 179 Å². The first-order valence-corrected chi connectivity index (χ1v) is 27.3. The van der Waals surface area contributed by atoms with E-state index < -0.39 is 12.9 Å². The van der Waals surface area contributed by atoms with E-state index in [1.54, 1.807) is 37.2 Å². The summed E-state index contributed by atoms with van der Waals surface area (Å²) >= 11 is 0. The minimum absolute atomic E-state index is 0. The van der Waals surface area contributed by atoms with Gasteiger partial charge < -0.3 is 56.1 Å². The normalized spacial score (nSPS) is 15.9. The maximum absolute atomic E-state index is 12.4. The maximum atomic E-state index is 12.4. The van der Waals surface area contributed by atoms with Crippen molar-refractivity contribution in [1.29, 1.82) is 26.3 Å². The van der Waals surface area contributed by atoms with Crippen LogP contribution in [0.15, 0.2) is 146 Å². The third-order valence-electron chi connectivity index (χ3n) is 12.7. The van der Waals surface area contributed by atoms with Gasteiger partial charge in [-0.2, -0.15) is 26.3 Å². The highest BCUT2D eigenvalue weighted by Gasteiger charge is 2.24. The van der Waals surface area contributed by atoms with Crippen LogP contribution in [0.25, 0.3) is 5.69 Å². The van der Waals surface area contributed by atoms with Crippen LogP contribution in [0.1, 0.15) is 68.4 Å². The van der Waals surface area contributed by atoms with E-state index in [4.69, 9.17) is 42.2 Å². The van der Waals surface area contributed by atoms with Gasteiger partial charge in [-0.05, 0) is 112 Å². The molecule has 5 aromatic carbocycles. The molecule has 4 atom stereocenters. The second-order valence-electron chi connectivity index (χ2n) is 18.7. The molecule has 83 heavy (non-hydrogen) atoms. The Balaban J connectivity index is 0.000000338. The van der Waals surface area contributed by atoms with Gasteiger partial charge >= 0.3 is 7.05 Å². The number of benzene rings is 5. The fourth-order valence-corrected chi connectivity index (χ4v) is 8.74. The molecule has 0 saturated carbocycles. The predicted octanol–water partition coefficient (Wildman–Crippen LogP) is 6.88. The van der Waals surface area contributed by atoms with Crippen molar-refractivity contribution in [2.24, 2.45) is 5.73 Å². The Bertz CT molecular complexity index is 3020. The summed E-state index contributed by atoms with van der Waals surface area (Å²) in [5.41, 5.74) is 11.8. The summed E-state index contributed by atoms with van der Waals surface area (Å²) < 4.78 is 14.3. The van der Waals surface area contributed by atoms with Crippen molar-refractivity contribution in [3.8, 4) is 36.0 Å². The Hall–Kier alpha value is -8.00. The van der Waals surface area contributed by atoms with Crippen LogP contribution < -0.4 is 41.4 Å². The number of aliphatic hydroxyl groups is 2. The van der Waals surface area contributed by atoms with E-state index in [1.165, 1.54) is 12.1 Å². The zero-order chi connectivity index (χ0) is 58.6. The fourth-order valence-electron chi connectivity index (χ4n) is 8.59. The van der Waals surface area contributed by atoms with Gasteiger partial charge in [-0.15, -0.1) is 0 Å². The first-order valence-electron chi connectivity index (χ1n) is 26.8. The molecule has 0 radical (unpaired) electrons. The molecular formula is C62H81BFN14O4P. The average molecular weight is 1150 g/mol. The van der Waals surface area contributed by atoms with Crippen molar-refractivity contribution in [3.63, 3.8) is 0 Å². The van der Waals surface area contributed by atoms with E-state index in [2.05, 4.69) is 64.4 Å². The van der Waals surface area contributed by atoms with Crippen LogP contribution in [0.3, 0.4) is 0 Å². The summed E-state index contributed by atoms with van der Waals surface area (Å²) in [6.07, 6.45) is 6.99. The van der Waals surface area contributed by atoms with Crippen molar-refractivity contribution in [2.75, 3.05) is 93.2 Å². The number of β-amino-alcohol motifs (C(OH)–C–C–N with tert-alkyl or cyclic N) is 2. The molecular weight excluding hydrogens is 1070 g/mol. The highest BCUT2D eigenvalue weighted by Crippen LogP contribution is 2.26. The number of hydrogen-bond acceptors (Lipinski definition) is 17. The lowest BCUT2D eigenvalue weighted by atomic mass is 9.89. The number of anilines is 3. The van der Waals surface area contributed by atoms with Gasteiger partial charge in [0.05, 0.1) is 69.3 Å². The number of nitrogens with two attached hydrogens (primary N) is 1. The third kappa shape index (κ3) is 25.4. The molecule has 0 aliphatic carbocycles. The van der Waals surface area contributed by atoms with Crippen LogP contribution in [0.5, 0.6) is 0 Å². The number of nitriles is 5.